The second-order valence-electron chi connectivity index (χ2n) is 4.64. The molecule has 1 fully saturated rings. The molecule has 0 aromatic heterocycles. The van der Waals surface area contributed by atoms with E-state index in [9.17, 15) is 14.9 Å². The predicted octanol–water partition coefficient (Wildman–Crippen LogP) is 1.04. The molecule has 0 aliphatic carbocycles. The zero-order chi connectivity index (χ0) is 15.2. The third-order valence-corrected chi connectivity index (χ3v) is 3.30. The Morgan fingerprint density at radius 1 is 1.43 bits per heavy atom. The maximum absolute atomic E-state index is 11.2. The lowest BCUT2D eigenvalue weighted by molar-refractivity contribution is -0.384. The Balaban J connectivity index is 2.06. The van der Waals surface area contributed by atoms with Crippen molar-refractivity contribution >= 4 is 17.3 Å². The molecule has 21 heavy (non-hydrogen) atoms. The highest BCUT2D eigenvalue weighted by Gasteiger charge is 2.21. The number of carboxylic acids is 1. The lowest BCUT2D eigenvalue weighted by Gasteiger charge is -2.26. The molecule has 1 aromatic carbocycles. The van der Waals surface area contributed by atoms with E-state index in [0.717, 1.165) is 13.1 Å². The minimum Gasteiger partial charge on any atom is -0.478 e. The van der Waals surface area contributed by atoms with Crippen LogP contribution in [0.2, 0.25) is 0 Å². The molecule has 0 radical (unpaired) electrons. The molecule has 0 saturated carbocycles. The van der Waals surface area contributed by atoms with Gasteiger partial charge in [0.25, 0.3) is 5.69 Å². The zero-order valence-electron chi connectivity index (χ0n) is 11.4. The summed E-state index contributed by atoms with van der Waals surface area (Å²) in [7, 11) is 0. The van der Waals surface area contributed by atoms with Crippen molar-refractivity contribution in [1.29, 1.82) is 0 Å². The molecule has 1 aliphatic heterocycles. The molecule has 0 amide bonds. The van der Waals surface area contributed by atoms with Gasteiger partial charge in [0, 0.05) is 32.2 Å². The van der Waals surface area contributed by atoms with Crippen molar-refractivity contribution in [3.8, 4) is 0 Å². The van der Waals surface area contributed by atoms with Crippen LogP contribution in [0.3, 0.4) is 0 Å². The Morgan fingerprint density at radius 3 is 2.76 bits per heavy atom. The minimum absolute atomic E-state index is 0.0586. The number of benzene rings is 1. The van der Waals surface area contributed by atoms with Gasteiger partial charge in [0.1, 0.15) is 5.69 Å². The molecule has 2 N–H and O–H groups in total. The van der Waals surface area contributed by atoms with Gasteiger partial charge in [0.05, 0.1) is 23.7 Å². The van der Waals surface area contributed by atoms with Gasteiger partial charge in [-0.05, 0) is 6.07 Å². The van der Waals surface area contributed by atoms with Crippen LogP contribution in [-0.2, 0) is 4.74 Å². The molecule has 0 spiro atoms. The fraction of sp³-hybridized carbons (Fsp3) is 0.462. The average molecular weight is 295 g/mol. The van der Waals surface area contributed by atoms with Gasteiger partial charge in [0.2, 0.25) is 0 Å². The molecule has 114 valence electrons. The van der Waals surface area contributed by atoms with Gasteiger partial charge in [0.15, 0.2) is 0 Å². The smallest absolute Gasteiger partial charge is 0.338 e. The largest absolute Gasteiger partial charge is 0.478 e. The molecule has 8 heteroatoms. The number of nitrogens with zero attached hydrogens (tertiary/aromatic N) is 2. The highest BCUT2D eigenvalue weighted by Crippen LogP contribution is 2.28. The number of anilines is 1. The third-order valence-electron chi connectivity index (χ3n) is 3.30. The average Bonchev–Trinajstić information content (AvgIpc) is 2.48. The van der Waals surface area contributed by atoms with E-state index in [0.29, 0.717) is 26.3 Å². The Hall–Kier alpha value is -2.19. The summed E-state index contributed by atoms with van der Waals surface area (Å²) in [4.78, 5) is 23.8. The summed E-state index contributed by atoms with van der Waals surface area (Å²) in [6.45, 7) is 4.08. The van der Waals surface area contributed by atoms with Gasteiger partial charge < -0.3 is 15.2 Å². The van der Waals surface area contributed by atoms with Crippen molar-refractivity contribution in [2.75, 3.05) is 44.7 Å². The summed E-state index contributed by atoms with van der Waals surface area (Å²) in [5.74, 6) is -1.19. The van der Waals surface area contributed by atoms with Crippen molar-refractivity contribution < 1.29 is 19.6 Å². The SMILES string of the molecule is O=C(O)c1cccc([N+](=O)[O-])c1NCCN1CCOCC1. The molecule has 8 nitrogen and oxygen atoms in total. The second kappa shape index (κ2) is 7.00. The Morgan fingerprint density at radius 2 is 2.14 bits per heavy atom. The number of rotatable bonds is 6. The standard InChI is InChI=1S/C13H17N3O5/c17-13(18)10-2-1-3-11(16(19)20)12(10)14-4-5-15-6-8-21-9-7-15/h1-3,14H,4-9H2,(H,17,18). The van der Waals surface area contributed by atoms with E-state index in [1.165, 1.54) is 18.2 Å². The first-order valence-electron chi connectivity index (χ1n) is 6.64. The van der Waals surface area contributed by atoms with Crippen LogP contribution in [0, 0.1) is 10.1 Å². The van der Waals surface area contributed by atoms with E-state index in [2.05, 4.69) is 10.2 Å². The van der Waals surface area contributed by atoms with Crippen LogP contribution < -0.4 is 5.32 Å². The maximum Gasteiger partial charge on any atom is 0.338 e. The van der Waals surface area contributed by atoms with Gasteiger partial charge >= 0.3 is 5.97 Å². The fourth-order valence-electron chi connectivity index (χ4n) is 2.22. The molecule has 1 saturated heterocycles. The number of para-hydroxylation sites is 1. The van der Waals surface area contributed by atoms with Gasteiger partial charge in [-0.25, -0.2) is 4.79 Å². The highest BCUT2D eigenvalue weighted by molar-refractivity contribution is 5.96. The Bertz CT molecular complexity index is 496. The van der Waals surface area contributed by atoms with Crippen molar-refractivity contribution in [3.05, 3.63) is 33.9 Å². The van der Waals surface area contributed by atoms with Crippen LogP contribution in [-0.4, -0.2) is 60.3 Å². The van der Waals surface area contributed by atoms with Crippen LogP contribution in [0.4, 0.5) is 11.4 Å². The van der Waals surface area contributed by atoms with E-state index in [-0.39, 0.29) is 16.9 Å². The van der Waals surface area contributed by atoms with Crippen LogP contribution >= 0.6 is 0 Å². The molecule has 1 aliphatic rings. The molecule has 0 atom stereocenters. The number of aromatic carboxylic acids is 1. The zero-order valence-corrected chi connectivity index (χ0v) is 11.4. The predicted molar refractivity (Wildman–Crippen MR) is 75.8 cm³/mol. The van der Waals surface area contributed by atoms with E-state index in [1.54, 1.807) is 0 Å². The lowest BCUT2D eigenvalue weighted by atomic mass is 10.1. The number of morpholine rings is 1. The third kappa shape index (κ3) is 3.89. The number of ether oxygens (including phenoxy) is 1. The van der Waals surface area contributed by atoms with E-state index in [1.807, 2.05) is 0 Å². The van der Waals surface area contributed by atoms with E-state index >= 15 is 0 Å². The van der Waals surface area contributed by atoms with Crippen molar-refractivity contribution in [2.24, 2.45) is 0 Å². The first-order valence-corrected chi connectivity index (χ1v) is 6.64. The summed E-state index contributed by atoms with van der Waals surface area (Å²) in [6.07, 6.45) is 0. The topological polar surface area (TPSA) is 105 Å². The molecule has 0 unspecified atom stereocenters. The minimum atomic E-state index is -1.19. The van der Waals surface area contributed by atoms with Crippen molar-refractivity contribution in [1.82, 2.24) is 4.90 Å². The van der Waals surface area contributed by atoms with Gasteiger partial charge in [-0.1, -0.05) is 6.07 Å². The summed E-state index contributed by atoms with van der Waals surface area (Å²) in [6, 6.07) is 4.02. The molecule has 1 heterocycles. The van der Waals surface area contributed by atoms with Crippen molar-refractivity contribution in [3.63, 3.8) is 0 Å². The monoisotopic (exact) mass is 295 g/mol. The second-order valence-corrected chi connectivity index (χ2v) is 4.64. The van der Waals surface area contributed by atoms with Crippen LogP contribution in [0.15, 0.2) is 18.2 Å². The number of nitrogens with one attached hydrogen (secondary N) is 1. The highest BCUT2D eigenvalue weighted by atomic mass is 16.6. The molecule has 2 rings (SSSR count). The van der Waals surface area contributed by atoms with Crippen LogP contribution in [0.1, 0.15) is 10.4 Å². The number of carboxylic acid groups (broad SMARTS) is 1. The number of hydrogen-bond acceptors (Lipinski definition) is 6. The lowest BCUT2D eigenvalue weighted by Crippen LogP contribution is -2.39. The number of nitro groups is 1. The molecular formula is C13H17N3O5. The first-order chi connectivity index (χ1) is 10.1. The van der Waals surface area contributed by atoms with Crippen molar-refractivity contribution in [2.45, 2.75) is 0 Å². The van der Waals surface area contributed by atoms with Gasteiger partial charge in [-0.2, -0.15) is 0 Å². The van der Waals surface area contributed by atoms with Crippen LogP contribution in [0.5, 0.6) is 0 Å². The summed E-state index contributed by atoms with van der Waals surface area (Å²) >= 11 is 0. The number of carbonyl (C=O) groups is 1. The van der Waals surface area contributed by atoms with Gasteiger partial charge in [-0.15, -0.1) is 0 Å². The molecular weight excluding hydrogens is 278 g/mol. The normalized spacial score (nSPS) is 15.6. The van der Waals surface area contributed by atoms with E-state index in [4.69, 9.17) is 9.84 Å². The maximum atomic E-state index is 11.2. The fourth-order valence-corrected chi connectivity index (χ4v) is 2.22. The Labute approximate surface area is 121 Å². The summed E-state index contributed by atoms with van der Waals surface area (Å²) in [5, 5.41) is 23.0. The molecule has 0 bridgehead atoms. The first kappa shape index (κ1) is 15.2. The number of nitro benzene ring substituents is 1. The summed E-state index contributed by atoms with van der Waals surface area (Å²) < 4.78 is 5.24. The Kier molecular flexibility index (Phi) is 5.07. The van der Waals surface area contributed by atoms with Gasteiger partial charge in [-0.3, -0.25) is 15.0 Å². The summed E-state index contributed by atoms with van der Waals surface area (Å²) in [5.41, 5.74) is -0.258. The van der Waals surface area contributed by atoms with E-state index < -0.39 is 10.9 Å². The number of hydrogen-bond donors (Lipinski definition) is 2. The quantitative estimate of drug-likeness (QED) is 0.596. The van der Waals surface area contributed by atoms with Crippen LogP contribution in [0.25, 0.3) is 0 Å². The molecule has 1 aromatic rings.